The third kappa shape index (κ3) is 11.8. The van der Waals surface area contributed by atoms with Crippen LogP contribution in [0.5, 0.6) is 0 Å². The summed E-state index contributed by atoms with van der Waals surface area (Å²) in [6.07, 6.45) is 7.30. The van der Waals surface area contributed by atoms with Crippen molar-refractivity contribution in [1.29, 1.82) is 0 Å². The number of halogens is 1. The summed E-state index contributed by atoms with van der Waals surface area (Å²) < 4.78 is 3.51. The van der Waals surface area contributed by atoms with Gasteiger partial charge in [0.2, 0.25) is 0 Å². The smallest absolute Gasteiger partial charge is 0.0582 e. The van der Waals surface area contributed by atoms with E-state index in [0.29, 0.717) is 0 Å². The van der Waals surface area contributed by atoms with Gasteiger partial charge in [0, 0.05) is 81.2 Å². The maximum absolute atomic E-state index is 4.73. The Morgan fingerprint density at radius 2 is 0.901 bits per heavy atom. The Morgan fingerprint density at radius 3 is 1.49 bits per heavy atom. The van der Waals surface area contributed by atoms with Crippen LogP contribution in [0.15, 0.2) is 272 Å². The first kappa shape index (κ1) is 56.0. The Hall–Kier alpha value is -8.32. The summed E-state index contributed by atoms with van der Waals surface area (Å²) in [7, 11) is 0. The van der Waals surface area contributed by atoms with Gasteiger partial charge in [0.05, 0.1) is 16.7 Å². The van der Waals surface area contributed by atoms with E-state index in [9.17, 15) is 0 Å². The predicted octanol–water partition coefficient (Wildman–Crippen LogP) is 18.7. The zero-order chi connectivity index (χ0) is 53.5. The molecule has 8 heteroatoms. The first-order chi connectivity index (χ1) is 38.9. The van der Waals surface area contributed by atoms with Gasteiger partial charge in [0.1, 0.15) is 0 Å². The van der Waals surface area contributed by atoms with Crippen molar-refractivity contribution in [3.05, 3.63) is 307 Å². The van der Waals surface area contributed by atoms with Crippen LogP contribution in [0, 0.1) is 24.3 Å². The fourth-order valence-corrected chi connectivity index (χ4v) is 10.9. The third-order valence-electron chi connectivity index (χ3n) is 14.3. The zero-order valence-corrected chi connectivity index (χ0v) is 50.6. The van der Waals surface area contributed by atoms with Crippen molar-refractivity contribution in [2.24, 2.45) is 0 Å². The molecule has 81 heavy (non-hydrogen) atoms. The number of nitrogens with zero attached hydrogens (tertiary/aromatic N) is 5. The van der Waals surface area contributed by atoms with E-state index in [4.69, 9.17) is 4.98 Å². The standard InChI is InChI=1S/C36H25N2.C15H9BrN.2C11H8N.2Ir/c1-36(2)30-14-5-6-16-33(30)38-32-18-17-25(22-29(32)28-13-8-15-31(36)35(28)38)24-10-7-11-26(21-24)34-27-12-4-3-9-23(27)19-20-37-34;16-13-6-3-5-12(10-13)15-14-7-2-1-4-11(14)8-9-17-15;2*1-2-6-10(7-3-1)11-8-4-5-9-12-11;;/h3-10,12-22H,1-2H3;1-4,6-10H;2*1-6,8-9H;;/q4*-1;;. The number of benzene rings is 9. The molecule has 0 spiro atoms. The molecule has 0 saturated heterocycles. The minimum Gasteiger partial charge on any atom is -0.309 e. The van der Waals surface area contributed by atoms with Crippen molar-refractivity contribution in [2.45, 2.75) is 19.3 Å². The van der Waals surface area contributed by atoms with Crippen molar-refractivity contribution in [2.75, 3.05) is 0 Å². The summed E-state index contributed by atoms with van der Waals surface area (Å²) in [6.45, 7) is 4.69. The van der Waals surface area contributed by atoms with Crippen LogP contribution < -0.4 is 0 Å². The minimum absolute atomic E-state index is 0. The molecule has 9 aromatic carbocycles. The van der Waals surface area contributed by atoms with Gasteiger partial charge in [0.15, 0.2) is 0 Å². The fraction of sp³-hybridized carbons (Fsp3) is 0.0411. The van der Waals surface area contributed by atoms with E-state index in [-0.39, 0.29) is 45.6 Å². The molecule has 0 aliphatic carbocycles. The van der Waals surface area contributed by atoms with E-state index in [2.05, 4.69) is 189 Å². The molecule has 1 aliphatic heterocycles. The zero-order valence-electron chi connectivity index (χ0n) is 44.2. The maximum atomic E-state index is 4.73. The fourth-order valence-electron chi connectivity index (χ4n) is 10.5. The van der Waals surface area contributed by atoms with Gasteiger partial charge < -0.3 is 24.5 Å². The van der Waals surface area contributed by atoms with Crippen molar-refractivity contribution < 1.29 is 40.2 Å². The molecule has 0 unspecified atom stereocenters. The molecule has 1 aliphatic rings. The second-order valence-corrected chi connectivity index (χ2v) is 20.5. The topological polar surface area (TPSA) is 56.5 Å². The molecule has 0 fully saturated rings. The second kappa shape index (κ2) is 25.4. The molecule has 2 radical (unpaired) electrons. The van der Waals surface area contributed by atoms with E-state index in [1.807, 2.05) is 140 Å². The molecule has 0 bridgehead atoms. The summed E-state index contributed by atoms with van der Waals surface area (Å²) in [5, 5.41) is 7.28. The Kier molecular flexibility index (Phi) is 17.6. The Balaban J connectivity index is 0.000000141. The first-order valence-electron chi connectivity index (χ1n) is 26.2. The number of rotatable bonds is 5. The van der Waals surface area contributed by atoms with E-state index in [1.54, 1.807) is 12.4 Å². The quantitative estimate of drug-likeness (QED) is 0.161. The van der Waals surface area contributed by atoms with E-state index in [1.165, 1.54) is 60.5 Å². The molecule has 0 atom stereocenters. The summed E-state index contributed by atoms with van der Waals surface area (Å²) in [6, 6.07) is 95.9. The van der Waals surface area contributed by atoms with Gasteiger partial charge in [-0.3, -0.25) is 0 Å². The van der Waals surface area contributed by atoms with Crippen LogP contribution in [0.3, 0.4) is 0 Å². The minimum atomic E-state index is -0.0566. The van der Waals surface area contributed by atoms with E-state index >= 15 is 0 Å². The van der Waals surface area contributed by atoms with Crippen LogP contribution in [-0.4, -0.2) is 24.5 Å². The van der Waals surface area contributed by atoms with Crippen LogP contribution in [0.4, 0.5) is 0 Å². The van der Waals surface area contributed by atoms with Gasteiger partial charge in [-0.25, -0.2) is 0 Å². The van der Waals surface area contributed by atoms with Crippen molar-refractivity contribution in [1.82, 2.24) is 24.5 Å². The Morgan fingerprint density at radius 1 is 0.383 bits per heavy atom. The molecule has 0 amide bonds. The van der Waals surface area contributed by atoms with Gasteiger partial charge in [-0.15, -0.1) is 137 Å². The SMILES string of the molecule is Brc1cc[c-]c(-c2nccc3ccccc23)c1.CC1(C)c2ccccc2-n2c3ccc(-c4cc[c-]c(-c5nccc6ccccc56)c4)cc3c3cccc1c32.[Ir].[Ir].[c-]1ccccc1-c1ccccn1.[c-]1ccccc1-c1ccccn1. The second-order valence-electron chi connectivity index (χ2n) is 19.6. The predicted molar refractivity (Wildman–Crippen MR) is 329 cm³/mol. The summed E-state index contributed by atoms with van der Waals surface area (Å²) in [4.78, 5) is 17.6. The van der Waals surface area contributed by atoms with Gasteiger partial charge >= 0.3 is 0 Å². The number of hydrogen-bond acceptors (Lipinski definition) is 4. The maximum Gasteiger partial charge on any atom is 0.0582 e. The number of para-hydroxylation sites is 2. The van der Waals surface area contributed by atoms with Gasteiger partial charge in [-0.2, -0.15) is 0 Å². The van der Waals surface area contributed by atoms with Crippen molar-refractivity contribution in [3.8, 4) is 61.8 Å². The molecule has 14 aromatic rings. The molecule has 6 heterocycles. The van der Waals surface area contributed by atoms with Gasteiger partial charge in [-0.05, 0) is 103 Å². The molecule has 5 aromatic heterocycles. The van der Waals surface area contributed by atoms with Crippen LogP contribution in [0.25, 0.3) is 105 Å². The molecule has 396 valence electrons. The molecule has 0 N–H and O–H groups in total. The van der Waals surface area contributed by atoms with Crippen LogP contribution in [0.2, 0.25) is 0 Å². The van der Waals surface area contributed by atoms with Crippen LogP contribution in [0.1, 0.15) is 25.0 Å². The average Bonchev–Trinajstić information content (AvgIpc) is 2.82. The number of pyridine rings is 4. The number of hydrogen-bond donors (Lipinski definition) is 0. The van der Waals surface area contributed by atoms with Crippen molar-refractivity contribution in [3.63, 3.8) is 0 Å². The summed E-state index contributed by atoms with van der Waals surface area (Å²) in [5.41, 5.74) is 16.9. The van der Waals surface area contributed by atoms with Crippen LogP contribution in [-0.2, 0) is 45.6 Å². The van der Waals surface area contributed by atoms with Crippen LogP contribution >= 0.6 is 15.9 Å². The molecule has 0 saturated carbocycles. The van der Waals surface area contributed by atoms with Gasteiger partial charge in [-0.1, -0.05) is 150 Å². The first-order valence-corrected chi connectivity index (χ1v) is 27.0. The normalized spacial score (nSPS) is 11.5. The summed E-state index contributed by atoms with van der Waals surface area (Å²) >= 11 is 3.48. The largest absolute Gasteiger partial charge is 0.309 e. The number of fused-ring (bicyclic) bond motifs is 7. The summed E-state index contributed by atoms with van der Waals surface area (Å²) in [5.74, 6) is 0. The third-order valence-corrected chi connectivity index (χ3v) is 14.8. The van der Waals surface area contributed by atoms with E-state index < -0.39 is 0 Å². The number of aromatic nitrogens is 5. The molecule has 5 nitrogen and oxygen atoms in total. The monoisotopic (exact) mass is 1460 g/mol. The van der Waals surface area contributed by atoms with Gasteiger partial charge in [0.25, 0.3) is 0 Å². The molecular weight excluding hydrogens is 1410 g/mol. The van der Waals surface area contributed by atoms with Crippen molar-refractivity contribution >= 4 is 59.3 Å². The molecule has 15 rings (SSSR count). The molecular formula is C73H50BrIr2N5-4. The Bertz CT molecular complexity index is 4260. The average molecular weight is 1460 g/mol. The van der Waals surface area contributed by atoms with E-state index in [0.717, 1.165) is 60.3 Å². The Labute approximate surface area is 508 Å².